The molecule has 40 heavy (non-hydrogen) atoms. The Balaban J connectivity index is 1.29. The van der Waals surface area contributed by atoms with E-state index >= 15 is 0 Å². The molecule has 3 aromatic heterocycles. The predicted octanol–water partition coefficient (Wildman–Crippen LogP) is 9.49. The highest BCUT2D eigenvalue weighted by Crippen LogP contribution is 2.33. The van der Waals surface area contributed by atoms with Crippen molar-refractivity contribution in [2.24, 2.45) is 0 Å². The van der Waals surface area contributed by atoms with Gasteiger partial charge in [0.15, 0.2) is 0 Å². The molecule has 0 aliphatic rings. The average molecular weight is 510 g/mol. The van der Waals surface area contributed by atoms with Gasteiger partial charge in [-0.05, 0) is 40.4 Å². The summed E-state index contributed by atoms with van der Waals surface area (Å²) in [5.74, 6) is 0. The Labute approximate surface area is 231 Å². The molecule has 3 nitrogen and oxygen atoms in total. The van der Waals surface area contributed by atoms with E-state index < -0.39 is 0 Å². The van der Waals surface area contributed by atoms with Gasteiger partial charge in [-0.15, -0.1) is 0 Å². The van der Waals surface area contributed by atoms with Crippen LogP contribution in [0.15, 0.2) is 140 Å². The van der Waals surface area contributed by atoms with E-state index in [1.54, 1.807) is 0 Å². The fourth-order valence-electron chi connectivity index (χ4n) is 5.70. The Morgan fingerprint density at radius 1 is 0.400 bits per heavy atom. The van der Waals surface area contributed by atoms with Gasteiger partial charge in [-0.2, -0.15) is 0 Å². The van der Waals surface area contributed by atoms with Crippen LogP contribution in [0.5, 0.6) is 0 Å². The fourth-order valence-corrected chi connectivity index (χ4v) is 5.70. The zero-order valence-electron chi connectivity index (χ0n) is 21.6. The average Bonchev–Trinajstić information content (AvgIpc) is 3.03. The van der Waals surface area contributed by atoms with E-state index in [9.17, 15) is 0 Å². The molecule has 0 amide bonds. The van der Waals surface area contributed by atoms with Crippen molar-refractivity contribution in [3.63, 3.8) is 0 Å². The maximum absolute atomic E-state index is 5.19. The van der Waals surface area contributed by atoms with Gasteiger partial charge >= 0.3 is 0 Å². The van der Waals surface area contributed by atoms with Crippen LogP contribution in [0.1, 0.15) is 0 Å². The Morgan fingerprint density at radius 2 is 1.00 bits per heavy atom. The van der Waals surface area contributed by atoms with Crippen molar-refractivity contribution in [2.45, 2.75) is 0 Å². The molecular formula is C37H23N3. The first kappa shape index (κ1) is 22.6. The largest absolute Gasteiger partial charge is 0.256 e. The van der Waals surface area contributed by atoms with E-state index in [1.165, 1.54) is 16.2 Å². The van der Waals surface area contributed by atoms with Gasteiger partial charge in [0.2, 0.25) is 0 Å². The van der Waals surface area contributed by atoms with Crippen molar-refractivity contribution in [3.05, 3.63) is 140 Å². The highest BCUT2D eigenvalue weighted by molar-refractivity contribution is 6.05. The lowest BCUT2D eigenvalue weighted by Crippen LogP contribution is -1.92. The molecule has 3 heteroatoms. The lowest BCUT2D eigenvalue weighted by molar-refractivity contribution is 1.35. The monoisotopic (exact) mass is 509 g/mol. The first-order valence-corrected chi connectivity index (χ1v) is 13.5. The summed E-state index contributed by atoms with van der Waals surface area (Å²) >= 11 is 0. The third kappa shape index (κ3) is 3.71. The summed E-state index contributed by atoms with van der Waals surface area (Å²) < 4.78 is 0. The molecule has 8 aromatic rings. The van der Waals surface area contributed by atoms with E-state index in [4.69, 9.17) is 15.0 Å². The SMILES string of the molecule is c1cc(-c2ccc3ccc4ccc(-c5cccc6ccccc56)nc4c3n2)cc(-c2nccc3ccccc23)c1. The molecule has 0 unspecified atom stereocenters. The molecule has 0 aliphatic carbocycles. The first-order chi connectivity index (χ1) is 19.8. The minimum absolute atomic E-state index is 0.908. The molecule has 0 saturated carbocycles. The van der Waals surface area contributed by atoms with E-state index in [0.717, 1.165) is 61.0 Å². The summed E-state index contributed by atoms with van der Waals surface area (Å²) in [5, 5.41) is 6.89. The van der Waals surface area contributed by atoms with Gasteiger partial charge in [-0.1, -0.05) is 109 Å². The van der Waals surface area contributed by atoms with Crippen LogP contribution in [0.3, 0.4) is 0 Å². The Hall–Kier alpha value is -5.41. The van der Waals surface area contributed by atoms with Gasteiger partial charge in [0, 0.05) is 39.0 Å². The molecular weight excluding hydrogens is 486 g/mol. The molecule has 8 rings (SSSR count). The summed E-state index contributed by atoms with van der Waals surface area (Å²) in [5.41, 5.74) is 7.92. The lowest BCUT2D eigenvalue weighted by Gasteiger charge is -2.11. The van der Waals surface area contributed by atoms with Gasteiger partial charge in [-0.3, -0.25) is 4.98 Å². The maximum Gasteiger partial charge on any atom is 0.0972 e. The van der Waals surface area contributed by atoms with Crippen molar-refractivity contribution in [2.75, 3.05) is 0 Å². The number of hydrogen-bond donors (Lipinski definition) is 0. The van der Waals surface area contributed by atoms with E-state index in [0.29, 0.717) is 0 Å². The van der Waals surface area contributed by atoms with Crippen LogP contribution in [0.2, 0.25) is 0 Å². The van der Waals surface area contributed by atoms with Gasteiger partial charge in [0.25, 0.3) is 0 Å². The van der Waals surface area contributed by atoms with Crippen molar-refractivity contribution < 1.29 is 0 Å². The molecule has 0 radical (unpaired) electrons. The molecule has 5 aromatic carbocycles. The van der Waals surface area contributed by atoms with Crippen molar-refractivity contribution in [1.82, 2.24) is 15.0 Å². The molecule has 0 aliphatic heterocycles. The number of pyridine rings is 3. The van der Waals surface area contributed by atoms with Gasteiger partial charge in [-0.25, -0.2) is 9.97 Å². The van der Waals surface area contributed by atoms with Gasteiger partial charge < -0.3 is 0 Å². The minimum Gasteiger partial charge on any atom is -0.256 e. The van der Waals surface area contributed by atoms with Crippen LogP contribution in [0, 0.1) is 0 Å². The summed E-state index contributed by atoms with van der Waals surface area (Å²) in [6.45, 7) is 0. The zero-order valence-corrected chi connectivity index (χ0v) is 21.6. The molecule has 0 fully saturated rings. The fraction of sp³-hybridized carbons (Fsp3) is 0. The van der Waals surface area contributed by atoms with Crippen molar-refractivity contribution in [3.8, 4) is 33.8 Å². The van der Waals surface area contributed by atoms with Crippen molar-refractivity contribution in [1.29, 1.82) is 0 Å². The quantitative estimate of drug-likeness (QED) is 0.223. The zero-order chi connectivity index (χ0) is 26.5. The standard InChI is InChI=1S/C37H23N3/c1-3-12-30-24(7-1)9-6-14-32(30)34-20-18-27-16-15-26-17-19-33(39-36(26)37(27)40-34)28-10-5-11-29(23-28)35-31-13-4-2-8-25(31)21-22-38-35/h1-23H. The number of nitrogens with zero attached hydrogens (tertiary/aromatic N) is 3. The molecule has 3 heterocycles. The van der Waals surface area contributed by atoms with Crippen LogP contribution in [-0.4, -0.2) is 15.0 Å². The normalized spacial score (nSPS) is 11.5. The molecule has 0 N–H and O–H groups in total. The van der Waals surface area contributed by atoms with Gasteiger partial charge in [0.05, 0.1) is 28.1 Å². The number of benzene rings is 5. The second kappa shape index (κ2) is 9.11. The summed E-state index contributed by atoms with van der Waals surface area (Å²) in [7, 11) is 0. The topological polar surface area (TPSA) is 38.7 Å². The third-order valence-corrected chi connectivity index (χ3v) is 7.69. The second-order valence-electron chi connectivity index (χ2n) is 10.1. The molecule has 0 spiro atoms. The van der Waals surface area contributed by atoms with Crippen LogP contribution >= 0.6 is 0 Å². The summed E-state index contributed by atoms with van der Waals surface area (Å²) in [4.78, 5) is 15.1. The van der Waals surface area contributed by atoms with Gasteiger partial charge in [0.1, 0.15) is 0 Å². The predicted molar refractivity (Wildman–Crippen MR) is 166 cm³/mol. The number of hydrogen-bond acceptors (Lipinski definition) is 3. The van der Waals surface area contributed by atoms with Crippen LogP contribution in [0.25, 0.3) is 77.1 Å². The van der Waals surface area contributed by atoms with E-state index in [-0.39, 0.29) is 0 Å². The van der Waals surface area contributed by atoms with Crippen LogP contribution in [0.4, 0.5) is 0 Å². The summed E-state index contributed by atoms with van der Waals surface area (Å²) in [6, 6.07) is 46.5. The Kier molecular flexibility index (Phi) is 5.14. The number of fused-ring (bicyclic) bond motifs is 5. The second-order valence-corrected chi connectivity index (χ2v) is 10.1. The third-order valence-electron chi connectivity index (χ3n) is 7.69. The Morgan fingerprint density at radius 3 is 1.82 bits per heavy atom. The van der Waals surface area contributed by atoms with Crippen LogP contribution in [-0.2, 0) is 0 Å². The highest BCUT2D eigenvalue weighted by atomic mass is 14.8. The molecule has 0 bridgehead atoms. The van der Waals surface area contributed by atoms with E-state index in [2.05, 4.69) is 133 Å². The summed E-state index contributed by atoms with van der Waals surface area (Å²) in [6.07, 6.45) is 1.88. The number of aromatic nitrogens is 3. The first-order valence-electron chi connectivity index (χ1n) is 13.5. The maximum atomic E-state index is 5.19. The van der Waals surface area contributed by atoms with E-state index in [1.807, 2.05) is 6.20 Å². The molecule has 0 atom stereocenters. The van der Waals surface area contributed by atoms with Crippen molar-refractivity contribution >= 4 is 43.4 Å². The lowest BCUT2D eigenvalue weighted by atomic mass is 10.00. The molecule has 0 saturated heterocycles. The Bertz CT molecular complexity index is 2220. The highest BCUT2D eigenvalue weighted by Gasteiger charge is 2.12. The van der Waals surface area contributed by atoms with Crippen LogP contribution < -0.4 is 0 Å². The number of rotatable bonds is 3. The molecule has 186 valence electrons. The smallest absolute Gasteiger partial charge is 0.0972 e. The minimum atomic E-state index is 0.908.